The highest BCUT2D eigenvalue weighted by Crippen LogP contribution is 1.88. The van der Waals surface area contributed by atoms with Crippen LogP contribution < -0.4 is 0 Å². The van der Waals surface area contributed by atoms with Gasteiger partial charge in [-0.15, -0.1) is 0 Å². The van der Waals surface area contributed by atoms with Crippen molar-refractivity contribution < 1.29 is 30.1 Å². The quantitative estimate of drug-likeness (QED) is 0.548. The average molecular weight is 206 g/mol. The van der Waals surface area contributed by atoms with Gasteiger partial charge in [-0.2, -0.15) is 16.8 Å². The largest absolute Gasteiger partial charge is 0.397 e. The molecule has 11 heavy (non-hydrogen) atoms. The Balaban J connectivity index is 3.79. The van der Waals surface area contributed by atoms with Crippen molar-refractivity contribution in [3.63, 3.8) is 0 Å². The standard InChI is InChI=1S/C2H6O7S2/c3-10(4,5)2-1-9-11(6,7)8/h1-2H2,(H,3,4,5)(H,6,7,8). The van der Waals surface area contributed by atoms with E-state index in [9.17, 15) is 16.8 Å². The summed E-state index contributed by atoms with van der Waals surface area (Å²) in [6, 6.07) is 0. The summed E-state index contributed by atoms with van der Waals surface area (Å²) < 4.78 is 58.9. The van der Waals surface area contributed by atoms with Crippen LogP contribution >= 0.6 is 0 Å². The van der Waals surface area contributed by atoms with Crippen LogP contribution in [0.25, 0.3) is 0 Å². The predicted molar refractivity (Wildman–Crippen MR) is 33.9 cm³/mol. The molecule has 0 rings (SSSR count). The Morgan fingerprint density at radius 3 is 1.82 bits per heavy atom. The minimum atomic E-state index is -4.62. The first-order valence-corrected chi connectivity index (χ1v) is 5.25. The van der Waals surface area contributed by atoms with Crippen LogP contribution in [0, 0.1) is 0 Å². The van der Waals surface area contributed by atoms with Gasteiger partial charge in [0.15, 0.2) is 0 Å². The third kappa shape index (κ3) is 9.78. The third-order valence-electron chi connectivity index (χ3n) is 0.574. The van der Waals surface area contributed by atoms with Crippen molar-refractivity contribution in [3.05, 3.63) is 0 Å². The topological polar surface area (TPSA) is 118 Å². The summed E-state index contributed by atoms with van der Waals surface area (Å²) in [6.45, 7) is -0.808. The van der Waals surface area contributed by atoms with Gasteiger partial charge in [0.25, 0.3) is 10.1 Å². The first kappa shape index (κ1) is 10.8. The van der Waals surface area contributed by atoms with Crippen molar-refractivity contribution in [3.8, 4) is 0 Å². The Hall–Kier alpha value is -0.220. The van der Waals surface area contributed by atoms with Crippen LogP contribution in [0.2, 0.25) is 0 Å². The summed E-state index contributed by atoms with van der Waals surface area (Å²) in [4.78, 5) is 0. The minimum absolute atomic E-state index is 0.808. The molecule has 0 fully saturated rings. The Kier molecular flexibility index (Phi) is 3.38. The normalized spacial score (nSPS) is 13.3. The van der Waals surface area contributed by atoms with E-state index in [1.165, 1.54) is 0 Å². The van der Waals surface area contributed by atoms with E-state index in [4.69, 9.17) is 9.11 Å². The highest BCUT2D eigenvalue weighted by atomic mass is 32.3. The fourth-order valence-corrected chi connectivity index (χ4v) is 0.938. The molecule has 0 aliphatic rings. The molecule has 0 aromatic heterocycles. The Bertz CT molecular complexity index is 263. The van der Waals surface area contributed by atoms with Crippen molar-refractivity contribution in [2.75, 3.05) is 12.4 Å². The molecule has 0 bridgehead atoms. The van der Waals surface area contributed by atoms with Crippen LogP contribution in [-0.4, -0.2) is 38.3 Å². The van der Waals surface area contributed by atoms with Gasteiger partial charge in [-0.3, -0.25) is 9.11 Å². The molecule has 68 valence electrons. The maximum Gasteiger partial charge on any atom is 0.397 e. The minimum Gasteiger partial charge on any atom is -0.285 e. The van der Waals surface area contributed by atoms with E-state index in [0.29, 0.717) is 0 Å². The summed E-state index contributed by atoms with van der Waals surface area (Å²) in [5, 5.41) is 0. The predicted octanol–water partition coefficient (Wildman–Crippen LogP) is -1.31. The molecule has 0 atom stereocenters. The van der Waals surface area contributed by atoms with E-state index in [0.717, 1.165) is 0 Å². The molecular weight excluding hydrogens is 200 g/mol. The highest BCUT2D eigenvalue weighted by molar-refractivity contribution is 7.85. The molecule has 9 heteroatoms. The van der Waals surface area contributed by atoms with E-state index < -0.39 is 32.9 Å². The van der Waals surface area contributed by atoms with Crippen LogP contribution in [0.4, 0.5) is 0 Å². The molecule has 0 aromatic rings. The van der Waals surface area contributed by atoms with Crippen molar-refractivity contribution in [1.29, 1.82) is 0 Å². The van der Waals surface area contributed by atoms with Gasteiger partial charge in [-0.1, -0.05) is 0 Å². The number of rotatable bonds is 4. The zero-order valence-electron chi connectivity index (χ0n) is 5.17. The van der Waals surface area contributed by atoms with E-state index in [1.807, 2.05) is 0 Å². The zero-order valence-corrected chi connectivity index (χ0v) is 6.80. The van der Waals surface area contributed by atoms with Gasteiger partial charge >= 0.3 is 10.4 Å². The molecule has 0 heterocycles. The summed E-state index contributed by atoms with van der Waals surface area (Å²) in [5.74, 6) is -0.882. The molecule has 0 aliphatic heterocycles. The van der Waals surface area contributed by atoms with Gasteiger partial charge in [0.2, 0.25) is 0 Å². The Labute approximate surface area is 63.7 Å². The molecule has 0 radical (unpaired) electrons. The van der Waals surface area contributed by atoms with Crippen molar-refractivity contribution >= 4 is 20.5 Å². The first-order valence-electron chi connectivity index (χ1n) is 2.28. The lowest BCUT2D eigenvalue weighted by molar-refractivity contribution is 0.282. The van der Waals surface area contributed by atoms with Crippen molar-refractivity contribution in [2.24, 2.45) is 0 Å². The maximum absolute atomic E-state index is 9.92. The molecule has 0 spiro atoms. The SMILES string of the molecule is O=S(=O)(O)CCOS(=O)(=O)O. The van der Waals surface area contributed by atoms with Gasteiger partial charge in [0.1, 0.15) is 5.75 Å². The van der Waals surface area contributed by atoms with Gasteiger partial charge in [-0.05, 0) is 0 Å². The third-order valence-corrected chi connectivity index (χ3v) is 1.72. The van der Waals surface area contributed by atoms with E-state index in [-0.39, 0.29) is 0 Å². The van der Waals surface area contributed by atoms with Crippen molar-refractivity contribution in [1.82, 2.24) is 0 Å². The van der Waals surface area contributed by atoms with Gasteiger partial charge in [0, 0.05) is 0 Å². The van der Waals surface area contributed by atoms with Crippen molar-refractivity contribution in [2.45, 2.75) is 0 Å². The van der Waals surface area contributed by atoms with Crippen LogP contribution in [0.1, 0.15) is 0 Å². The lowest BCUT2D eigenvalue weighted by Crippen LogP contribution is -2.14. The van der Waals surface area contributed by atoms with Crippen LogP contribution in [-0.2, 0) is 24.7 Å². The molecule has 7 nitrogen and oxygen atoms in total. The lowest BCUT2D eigenvalue weighted by Gasteiger charge is -1.95. The van der Waals surface area contributed by atoms with E-state index in [2.05, 4.69) is 4.18 Å². The molecule has 0 saturated carbocycles. The molecule has 0 saturated heterocycles. The van der Waals surface area contributed by atoms with E-state index in [1.54, 1.807) is 0 Å². The van der Waals surface area contributed by atoms with Crippen LogP contribution in [0.15, 0.2) is 0 Å². The fraction of sp³-hybridized carbons (Fsp3) is 1.00. The summed E-state index contributed by atoms with van der Waals surface area (Å²) in [7, 11) is -8.87. The highest BCUT2D eigenvalue weighted by Gasteiger charge is 2.08. The molecule has 0 aliphatic carbocycles. The smallest absolute Gasteiger partial charge is 0.285 e. The number of hydrogen-bond donors (Lipinski definition) is 2. The molecular formula is C2H6O7S2. The Morgan fingerprint density at radius 2 is 1.55 bits per heavy atom. The summed E-state index contributed by atoms with van der Waals surface area (Å²) >= 11 is 0. The fourth-order valence-electron chi connectivity index (χ4n) is 0.245. The van der Waals surface area contributed by atoms with Crippen LogP contribution in [0.5, 0.6) is 0 Å². The van der Waals surface area contributed by atoms with Gasteiger partial charge in [-0.25, -0.2) is 4.18 Å². The molecule has 0 unspecified atom stereocenters. The summed E-state index contributed by atoms with van der Waals surface area (Å²) in [5.41, 5.74) is 0. The monoisotopic (exact) mass is 206 g/mol. The zero-order chi connectivity index (χ0) is 9.12. The van der Waals surface area contributed by atoms with E-state index >= 15 is 0 Å². The Morgan fingerprint density at radius 1 is 1.09 bits per heavy atom. The molecule has 0 amide bonds. The molecule has 2 N–H and O–H groups in total. The second kappa shape index (κ2) is 3.45. The average Bonchev–Trinajstić information content (AvgIpc) is 1.55. The molecule has 0 aromatic carbocycles. The second-order valence-electron chi connectivity index (χ2n) is 1.54. The van der Waals surface area contributed by atoms with Gasteiger partial charge < -0.3 is 0 Å². The first-order chi connectivity index (χ1) is 4.71. The number of hydrogen-bond acceptors (Lipinski definition) is 5. The second-order valence-corrected chi connectivity index (χ2v) is 4.20. The lowest BCUT2D eigenvalue weighted by atomic mass is 10.9. The van der Waals surface area contributed by atoms with Gasteiger partial charge in [0.05, 0.1) is 6.61 Å². The summed E-state index contributed by atoms with van der Waals surface area (Å²) in [6.07, 6.45) is 0. The van der Waals surface area contributed by atoms with Crippen LogP contribution in [0.3, 0.4) is 0 Å². The maximum atomic E-state index is 9.92.